The third-order valence-electron chi connectivity index (χ3n) is 14.5. The minimum absolute atomic E-state index is 0.0334. The number of anilines is 6. The van der Waals surface area contributed by atoms with Crippen LogP contribution in [0.3, 0.4) is 0 Å². The first-order chi connectivity index (χ1) is 34.7. The summed E-state index contributed by atoms with van der Waals surface area (Å²) in [6, 6.07) is 98.4. The monoisotopic (exact) mass is 889 g/mol. The van der Waals surface area contributed by atoms with Gasteiger partial charge in [0.25, 0.3) is 6.71 Å². The summed E-state index contributed by atoms with van der Waals surface area (Å²) in [5.41, 5.74) is 23.6. The topological polar surface area (TPSA) is 11.4 Å². The molecule has 1 aromatic heterocycles. The molecule has 3 nitrogen and oxygen atoms in total. The number of aromatic nitrogens is 1. The van der Waals surface area contributed by atoms with E-state index in [2.05, 4.69) is 281 Å². The number of hydrogen-bond donors (Lipinski definition) is 0. The van der Waals surface area contributed by atoms with Crippen molar-refractivity contribution in [3.8, 4) is 50.2 Å². The predicted octanol–water partition coefficient (Wildman–Crippen LogP) is 15.5. The third kappa shape index (κ3) is 6.45. The normalized spacial score (nSPS) is 12.5. The number of hydrogen-bond acceptors (Lipinski definition) is 2. The fourth-order valence-electron chi connectivity index (χ4n) is 11.4. The summed E-state index contributed by atoms with van der Waals surface area (Å²) >= 11 is 0. The minimum Gasteiger partial charge on any atom is -0.311 e. The molecular weight excluding hydrogens is 846 g/mol. The first-order valence-corrected chi connectivity index (χ1v) is 24.2. The van der Waals surface area contributed by atoms with Crippen molar-refractivity contribution < 1.29 is 0 Å². The zero-order valence-electron chi connectivity index (χ0n) is 38.3. The number of fused-ring (bicyclic) bond motifs is 7. The lowest BCUT2D eigenvalue weighted by molar-refractivity contribution is 1.16. The van der Waals surface area contributed by atoms with E-state index in [-0.39, 0.29) is 6.71 Å². The molecule has 0 amide bonds. The quantitative estimate of drug-likeness (QED) is 0.148. The lowest BCUT2D eigenvalue weighted by Crippen LogP contribution is -2.61. The SMILES string of the molecule is c1ccc(-c2cc(-c3ccccc3)cc(N3c4ccccc4B4c5ccccc5N(c5cc(-c6ccccc6)cc(-c6ccccc6)c5)c5cc(-n6c7ccccc7c7ccccc76)cc3c54)c2)cc1. The highest BCUT2D eigenvalue weighted by atomic mass is 15.2. The first kappa shape index (κ1) is 40.0. The highest BCUT2D eigenvalue weighted by Crippen LogP contribution is 2.48. The number of nitrogens with zero attached hydrogens (tertiary/aromatic N) is 3. The molecule has 0 fully saturated rings. The van der Waals surface area contributed by atoms with Gasteiger partial charge in [-0.05, 0) is 134 Å². The largest absolute Gasteiger partial charge is 0.311 e. The van der Waals surface area contributed by atoms with E-state index in [9.17, 15) is 0 Å². The van der Waals surface area contributed by atoms with Crippen LogP contribution >= 0.6 is 0 Å². The van der Waals surface area contributed by atoms with Gasteiger partial charge in [-0.15, -0.1) is 0 Å². The van der Waals surface area contributed by atoms with Crippen LogP contribution in [0.2, 0.25) is 0 Å². The van der Waals surface area contributed by atoms with Crippen molar-refractivity contribution in [2.45, 2.75) is 0 Å². The standard InChI is InChI=1S/C66H44BN3/c1-5-21-45(22-6-1)49-37-50(46-23-7-2-8-24-46)40-53(39-49)69-62-35-19-15-31-58(62)67-59-32-16-20-36-63(59)70(54-41-51(47-25-9-3-10-26-47)38-52(42-54)48-27-11-4-12-28-48)65-44-55(43-64(69)66(65)67)68-60-33-17-13-29-56(60)57-30-14-18-34-61(57)68/h1-44H. The number of benzene rings is 11. The summed E-state index contributed by atoms with van der Waals surface area (Å²) in [4.78, 5) is 5.12. The maximum atomic E-state index is 2.56. The molecule has 0 saturated carbocycles. The molecule has 3 heterocycles. The molecule has 2 aliphatic heterocycles. The van der Waals surface area contributed by atoms with Gasteiger partial charge in [0.2, 0.25) is 0 Å². The van der Waals surface area contributed by atoms with E-state index in [0.717, 1.165) is 28.4 Å². The summed E-state index contributed by atoms with van der Waals surface area (Å²) in [7, 11) is 0. The van der Waals surface area contributed by atoms with Crippen LogP contribution in [-0.2, 0) is 0 Å². The molecule has 0 spiro atoms. The van der Waals surface area contributed by atoms with E-state index < -0.39 is 0 Å². The van der Waals surface area contributed by atoms with Crippen molar-refractivity contribution in [3.05, 3.63) is 267 Å². The molecule has 70 heavy (non-hydrogen) atoms. The van der Waals surface area contributed by atoms with Crippen molar-refractivity contribution in [2.75, 3.05) is 9.80 Å². The van der Waals surface area contributed by atoms with Gasteiger partial charge in [0.15, 0.2) is 0 Å². The van der Waals surface area contributed by atoms with Gasteiger partial charge in [0.05, 0.1) is 16.7 Å². The molecule has 0 saturated heterocycles. The Bertz CT molecular complexity index is 3590. The zero-order valence-corrected chi connectivity index (χ0v) is 38.3. The first-order valence-electron chi connectivity index (χ1n) is 24.2. The lowest BCUT2D eigenvalue weighted by Gasteiger charge is -2.44. The zero-order chi connectivity index (χ0) is 46.1. The summed E-state index contributed by atoms with van der Waals surface area (Å²) in [5, 5.41) is 2.47. The van der Waals surface area contributed by atoms with E-state index in [4.69, 9.17) is 0 Å². The van der Waals surface area contributed by atoms with Crippen molar-refractivity contribution in [2.24, 2.45) is 0 Å². The maximum Gasteiger partial charge on any atom is 0.252 e. The molecule has 326 valence electrons. The Morgan fingerprint density at radius 2 is 0.571 bits per heavy atom. The lowest BCUT2D eigenvalue weighted by atomic mass is 9.33. The van der Waals surface area contributed by atoms with Crippen LogP contribution in [0.25, 0.3) is 72.0 Å². The van der Waals surface area contributed by atoms with Gasteiger partial charge in [0.1, 0.15) is 0 Å². The molecule has 0 N–H and O–H groups in total. The molecule has 4 heteroatoms. The third-order valence-corrected chi connectivity index (χ3v) is 14.5. The Balaban J connectivity index is 1.11. The van der Waals surface area contributed by atoms with Crippen molar-refractivity contribution in [1.82, 2.24) is 4.57 Å². The molecule has 0 bridgehead atoms. The van der Waals surface area contributed by atoms with Gasteiger partial charge >= 0.3 is 0 Å². The van der Waals surface area contributed by atoms with Crippen LogP contribution in [0, 0.1) is 0 Å². The highest BCUT2D eigenvalue weighted by Gasteiger charge is 2.44. The highest BCUT2D eigenvalue weighted by molar-refractivity contribution is 7.00. The molecule has 0 radical (unpaired) electrons. The van der Waals surface area contributed by atoms with Gasteiger partial charge in [-0.3, -0.25) is 0 Å². The van der Waals surface area contributed by atoms with Crippen molar-refractivity contribution >= 4 is 79.0 Å². The van der Waals surface area contributed by atoms with Crippen LogP contribution in [0.15, 0.2) is 267 Å². The Hall–Kier alpha value is -9.12. The average Bonchev–Trinajstić information content (AvgIpc) is 3.78. The fourth-order valence-corrected chi connectivity index (χ4v) is 11.4. The van der Waals surface area contributed by atoms with E-state index in [1.165, 1.54) is 94.1 Å². The van der Waals surface area contributed by atoms with Crippen LogP contribution in [0.5, 0.6) is 0 Å². The smallest absolute Gasteiger partial charge is 0.252 e. The Kier molecular flexibility index (Phi) is 9.31. The van der Waals surface area contributed by atoms with Gasteiger partial charge < -0.3 is 14.4 Å². The average molecular weight is 890 g/mol. The van der Waals surface area contributed by atoms with E-state index in [0.29, 0.717) is 0 Å². The molecule has 0 aliphatic carbocycles. The van der Waals surface area contributed by atoms with Crippen LogP contribution in [0.1, 0.15) is 0 Å². The minimum atomic E-state index is -0.0334. The van der Waals surface area contributed by atoms with E-state index in [1.807, 2.05) is 0 Å². The Labute approximate surface area is 408 Å². The van der Waals surface area contributed by atoms with Gasteiger partial charge in [-0.1, -0.05) is 194 Å². The Morgan fingerprint density at radius 1 is 0.243 bits per heavy atom. The van der Waals surface area contributed by atoms with Crippen molar-refractivity contribution in [3.63, 3.8) is 0 Å². The summed E-state index contributed by atoms with van der Waals surface area (Å²) in [5.74, 6) is 0. The van der Waals surface area contributed by atoms with Gasteiger partial charge in [-0.2, -0.15) is 0 Å². The summed E-state index contributed by atoms with van der Waals surface area (Å²) < 4.78 is 2.49. The van der Waals surface area contributed by atoms with Gasteiger partial charge in [0, 0.05) is 44.9 Å². The van der Waals surface area contributed by atoms with Crippen LogP contribution in [-0.4, -0.2) is 11.3 Å². The molecule has 0 atom stereocenters. The number of rotatable bonds is 7. The van der Waals surface area contributed by atoms with E-state index >= 15 is 0 Å². The summed E-state index contributed by atoms with van der Waals surface area (Å²) in [6.45, 7) is -0.0334. The molecule has 2 aliphatic rings. The molecule has 12 aromatic rings. The van der Waals surface area contributed by atoms with Gasteiger partial charge in [-0.25, -0.2) is 0 Å². The van der Waals surface area contributed by atoms with Crippen LogP contribution in [0.4, 0.5) is 34.1 Å². The second-order valence-corrected chi connectivity index (χ2v) is 18.5. The predicted molar refractivity (Wildman–Crippen MR) is 297 cm³/mol. The second kappa shape index (κ2) is 16.3. The van der Waals surface area contributed by atoms with E-state index in [1.54, 1.807) is 0 Å². The summed E-state index contributed by atoms with van der Waals surface area (Å²) in [6.07, 6.45) is 0. The van der Waals surface area contributed by atoms with Crippen molar-refractivity contribution in [1.29, 1.82) is 0 Å². The Morgan fingerprint density at radius 3 is 0.957 bits per heavy atom. The van der Waals surface area contributed by atoms with Crippen LogP contribution < -0.4 is 26.2 Å². The fraction of sp³-hybridized carbons (Fsp3) is 0. The molecular formula is C66H44BN3. The molecule has 0 unspecified atom stereocenters. The molecule has 14 rings (SSSR count). The molecule has 11 aromatic carbocycles. The number of para-hydroxylation sites is 4. The maximum absolute atomic E-state index is 2.56. The second-order valence-electron chi connectivity index (χ2n) is 18.5.